The Morgan fingerprint density at radius 1 is 1.20 bits per heavy atom. The highest BCUT2D eigenvalue weighted by molar-refractivity contribution is 7.45. The van der Waals surface area contributed by atoms with E-state index in [0.29, 0.717) is 0 Å². The summed E-state index contributed by atoms with van der Waals surface area (Å²) in [4.78, 5) is 9.95. The lowest BCUT2D eigenvalue weighted by Crippen LogP contribution is -2.30. The van der Waals surface area contributed by atoms with E-state index in [1.807, 2.05) is 0 Å². The van der Waals surface area contributed by atoms with Gasteiger partial charge >= 0.3 is 0 Å². The van der Waals surface area contributed by atoms with Crippen molar-refractivity contribution in [2.75, 3.05) is 14.2 Å². The van der Waals surface area contributed by atoms with E-state index in [2.05, 4.69) is 50.8 Å². The van der Waals surface area contributed by atoms with Crippen molar-refractivity contribution in [3.63, 3.8) is 0 Å². The number of hydrogen-bond acceptors (Lipinski definition) is 4. The fourth-order valence-electron chi connectivity index (χ4n) is 1.46. The Labute approximate surface area is 122 Å². The van der Waals surface area contributed by atoms with Gasteiger partial charge in [0.2, 0.25) is 6.33 Å². The largest absolute Gasteiger partial charge is 0.756 e. The molecule has 0 saturated carbocycles. The van der Waals surface area contributed by atoms with Crippen LogP contribution < -0.4 is 9.46 Å². The molecular weight excluding hydrogens is 279 g/mol. The average Bonchev–Trinajstić information content (AvgIpc) is 2.91. The molecule has 7 heteroatoms. The average molecular weight is 306 g/mol. The maximum Gasteiger partial charge on any atom is 0.267 e. The van der Waals surface area contributed by atoms with Crippen LogP contribution in [-0.2, 0) is 26.7 Å². The number of rotatable bonds is 8. The van der Waals surface area contributed by atoms with E-state index >= 15 is 0 Å². The third-order valence-corrected chi connectivity index (χ3v) is 3.63. The number of aryl methyl sites for hydroxylation is 2. The summed E-state index contributed by atoms with van der Waals surface area (Å²) >= 11 is 0. The zero-order chi connectivity index (χ0) is 15.4. The molecule has 0 N–H and O–H groups in total. The van der Waals surface area contributed by atoms with E-state index < -0.39 is 7.82 Å². The van der Waals surface area contributed by atoms with Crippen LogP contribution in [0.4, 0.5) is 0 Å². The van der Waals surface area contributed by atoms with Crippen LogP contribution in [0.5, 0.6) is 0 Å². The molecule has 0 aliphatic carbocycles. The first-order valence-corrected chi connectivity index (χ1v) is 8.42. The molecule has 0 unspecified atom stereocenters. The highest BCUT2D eigenvalue weighted by Gasteiger charge is 2.01. The van der Waals surface area contributed by atoms with Gasteiger partial charge in [-0.15, -0.1) is 0 Å². The van der Waals surface area contributed by atoms with Crippen molar-refractivity contribution in [1.29, 1.82) is 0 Å². The molecule has 0 fully saturated rings. The number of imidazole rings is 1. The van der Waals surface area contributed by atoms with Crippen LogP contribution in [0.15, 0.2) is 18.7 Å². The van der Waals surface area contributed by atoms with Gasteiger partial charge in [0.05, 0.1) is 13.1 Å². The summed E-state index contributed by atoms with van der Waals surface area (Å²) in [5.41, 5.74) is 0. The van der Waals surface area contributed by atoms with Crippen molar-refractivity contribution in [2.24, 2.45) is 0 Å². The second-order valence-corrected chi connectivity index (χ2v) is 6.03. The monoisotopic (exact) mass is 306 g/mol. The summed E-state index contributed by atoms with van der Waals surface area (Å²) in [7, 11) is -1.83. The van der Waals surface area contributed by atoms with E-state index in [-0.39, 0.29) is 0 Å². The van der Waals surface area contributed by atoms with Gasteiger partial charge in [-0.1, -0.05) is 26.7 Å². The third kappa shape index (κ3) is 9.26. The summed E-state index contributed by atoms with van der Waals surface area (Å²) in [6.07, 6.45) is 11.7. The second-order valence-electron chi connectivity index (χ2n) is 4.41. The molecular formula is C13H27N2O4P. The van der Waals surface area contributed by atoms with Gasteiger partial charge in [0.1, 0.15) is 12.4 Å². The van der Waals surface area contributed by atoms with Crippen LogP contribution in [-0.4, -0.2) is 18.8 Å². The Morgan fingerprint density at radius 2 is 1.80 bits per heavy atom. The van der Waals surface area contributed by atoms with Gasteiger partial charge in [0.25, 0.3) is 7.82 Å². The molecule has 0 atom stereocenters. The molecule has 6 nitrogen and oxygen atoms in total. The first-order chi connectivity index (χ1) is 9.49. The number of phosphoric ester groups is 1. The predicted molar refractivity (Wildman–Crippen MR) is 76.1 cm³/mol. The van der Waals surface area contributed by atoms with Crippen molar-refractivity contribution in [1.82, 2.24) is 4.57 Å². The van der Waals surface area contributed by atoms with Crippen molar-refractivity contribution in [3.05, 3.63) is 18.7 Å². The molecule has 0 spiro atoms. The summed E-state index contributed by atoms with van der Waals surface area (Å²) in [6, 6.07) is 0. The van der Waals surface area contributed by atoms with E-state index in [1.54, 1.807) is 0 Å². The summed E-state index contributed by atoms with van der Waals surface area (Å²) in [6.45, 7) is 6.79. The van der Waals surface area contributed by atoms with Gasteiger partial charge in [0, 0.05) is 14.2 Å². The molecule has 118 valence electrons. The van der Waals surface area contributed by atoms with Crippen molar-refractivity contribution < 1.29 is 23.1 Å². The lowest BCUT2D eigenvalue weighted by atomic mass is 10.3. The normalized spacial score (nSPS) is 11.1. The quantitative estimate of drug-likeness (QED) is 0.545. The molecule has 0 aromatic carbocycles. The summed E-state index contributed by atoms with van der Waals surface area (Å²) in [5, 5.41) is 0. The number of aromatic nitrogens is 2. The molecule has 1 heterocycles. The van der Waals surface area contributed by atoms with Crippen LogP contribution in [0.3, 0.4) is 0 Å². The number of phosphoric acid groups is 1. The Balaban J connectivity index is 0.000000441. The van der Waals surface area contributed by atoms with Gasteiger partial charge in [-0.3, -0.25) is 4.57 Å². The highest BCUT2D eigenvalue weighted by atomic mass is 31.2. The third-order valence-electron chi connectivity index (χ3n) is 2.73. The molecule has 0 saturated heterocycles. The first kappa shape index (κ1) is 19.3. The van der Waals surface area contributed by atoms with E-state index in [9.17, 15) is 9.46 Å². The van der Waals surface area contributed by atoms with Crippen LogP contribution in [0.1, 0.15) is 39.5 Å². The molecule has 1 aromatic heterocycles. The first-order valence-electron chi connectivity index (χ1n) is 6.96. The van der Waals surface area contributed by atoms with Gasteiger partial charge < -0.3 is 13.9 Å². The maximum absolute atomic E-state index is 9.95. The van der Waals surface area contributed by atoms with Crippen molar-refractivity contribution >= 4 is 7.82 Å². The van der Waals surface area contributed by atoms with Crippen LogP contribution in [0, 0.1) is 0 Å². The molecule has 0 bridgehead atoms. The van der Waals surface area contributed by atoms with Gasteiger partial charge in [-0.25, -0.2) is 9.13 Å². The fraction of sp³-hybridized carbons (Fsp3) is 0.769. The zero-order valence-corrected chi connectivity index (χ0v) is 13.8. The standard InChI is InChI=1S/C11H21N2.C2H7O4P/c1-3-5-7-12-9-10-13(11-12)8-6-4-2;1-5-7(3,4)6-2/h9-11H,3-8H2,1-2H3;1-2H3,(H,3,4)/q+1;/p-1. The topological polar surface area (TPSA) is 67.4 Å². The zero-order valence-electron chi connectivity index (χ0n) is 12.9. The Morgan fingerprint density at radius 3 is 2.25 bits per heavy atom. The Hall–Kier alpha value is -0.680. The molecule has 1 aromatic rings. The van der Waals surface area contributed by atoms with Crippen LogP contribution in [0.25, 0.3) is 0 Å². The number of nitrogens with zero attached hydrogens (tertiary/aromatic N) is 2. The predicted octanol–water partition coefficient (Wildman–Crippen LogP) is 2.12. The molecule has 1 rings (SSSR count). The van der Waals surface area contributed by atoms with Gasteiger partial charge in [-0.05, 0) is 12.8 Å². The Bertz CT molecular complexity index is 365. The van der Waals surface area contributed by atoms with Gasteiger partial charge in [0.15, 0.2) is 0 Å². The molecule has 0 aliphatic rings. The second kappa shape index (κ2) is 11.0. The summed E-state index contributed by atoms with van der Waals surface area (Å²) < 4.78 is 22.2. The van der Waals surface area contributed by atoms with Crippen LogP contribution in [0.2, 0.25) is 0 Å². The number of hydrogen-bond donors (Lipinski definition) is 0. The van der Waals surface area contributed by atoms with Gasteiger partial charge in [-0.2, -0.15) is 0 Å². The van der Waals surface area contributed by atoms with E-state index in [4.69, 9.17) is 0 Å². The number of unbranched alkanes of at least 4 members (excludes halogenated alkanes) is 2. The molecule has 0 radical (unpaired) electrons. The minimum absolute atomic E-state index is 1.04. The lowest BCUT2D eigenvalue weighted by molar-refractivity contribution is -0.696. The van der Waals surface area contributed by atoms with E-state index in [1.165, 1.54) is 25.7 Å². The minimum Gasteiger partial charge on any atom is -0.756 e. The Kier molecular flexibility index (Phi) is 10.7. The van der Waals surface area contributed by atoms with E-state index in [0.717, 1.165) is 27.3 Å². The molecule has 0 amide bonds. The lowest BCUT2D eigenvalue weighted by Gasteiger charge is -2.16. The molecule has 20 heavy (non-hydrogen) atoms. The minimum atomic E-state index is -3.90. The van der Waals surface area contributed by atoms with Crippen molar-refractivity contribution in [2.45, 2.75) is 52.6 Å². The SMILES string of the molecule is CCCCn1cc[n+](CCCC)c1.COP(=O)([O-])OC. The summed E-state index contributed by atoms with van der Waals surface area (Å²) in [5.74, 6) is 0. The van der Waals surface area contributed by atoms with Crippen molar-refractivity contribution in [3.8, 4) is 0 Å². The molecule has 0 aliphatic heterocycles. The highest BCUT2D eigenvalue weighted by Crippen LogP contribution is 2.34. The fourth-order valence-corrected chi connectivity index (χ4v) is 1.61. The maximum atomic E-state index is 9.95. The van der Waals surface area contributed by atoms with Crippen LogP contribution >= 0.6 is 7.82 Å². The smallest absolute Gasteiger partial charge is 0.267 e.